The number of aliphatic hydroxyl groups excluding tert-OH is 6. The molecule has 1 aromatic heterocycles. The third kappa shape index (κ3) is 9.31. The lowest BCUT2D eigenvalue weighted by atomic mass is 10.0. The molecular weight excluding hydrogens is 550 g/mol. The molecule has 1 aromatic carbocycles. The van der Waals surface area contributed by atoms with Crippen LogP contribution in [0.15, 0.2) is 36.4 Å². The van der Waals surface area contributed by atoms with Gasteiger partial charge in [0.1, 0.15) is 35.9 Å². The summed E-state index contributed by atoms with van der Waals surface area (Å²) >= 11 is 1.26. The zero-order valence-electron chi connectivity index (χ0n) is 23.5. The van der Waals surface area contributed by atoms with Crippen LogP contribution in [-0.2, 0) is 16.0 Å². The van der Waals surface area contributed by atoms with Crippen LogP contribution in [-0.4, -0.2) is 86.2 Å². The number of thiophene rings is 1. The Labute approximate surface area is 244 Å². The van der Waals surface area contributed by atoms with E-state index < -0.39 is 49.7 Å². The van der Waals surface area contributed by atoms with Gasteiger partial charge < -0.3 is 40.3 Å². The van der Waals surface area contributed by atoms with Crippen LogP contribution >= 0.6 is 11.3 Å². The van der Waals surface area contributed by atoms with Gasteiger partial charge in [-0.25, -0.2) is 4.79 Å². The summed E-state index contributed by atoms with van der Waals surface area (Å²) in [6.45, 7) is 0.745. The molecule has 1 fully saturated rings. The molecule has 11 heteroatoms. The molecule has 228 valence electrons. The van der Waals surface area contributed by atoms with Gasteiger partial charge in [-0.3, -0.25) is 4.79 Å². The molecule has 0 spiro atoms. The standard InChI is InChI=1S/C30H43NO9S/c1-2-3-4-8-23(33)19-9-11-21(12-10-19)31-20(13-16-27(31)36)6-5-7-22-14-15-26(41-22)30(39)40-18-25(35)29(38)28(37)24(34)17-32/h9-12,14-15,20,23-25,28-29,32-35,37-38H,2-8,13,16-18H2,1H3/t20-,23-,24-,25+,28+,29+/m0/s1. The minimum absolute atomic E-state index is 0.0832. The molecule has 0 radical (unpaired) electrons. The van der Waals surface area contributed by atoms with Crippen LogP contribution in [0, 0.1) is 0 Å². The number of aryl methyl sites for hydroxylation is 1. The highest BCUT2D eigenvalue weighted by molar-refractivity contribution is 7.13. The summed E-state index contributed by atoms with van der Waals surface area (Å²) in [5, 5.41) is 58.1. The van der Waals surface area contributed by atoms with Crippen molar-refractivity contribution in [3.63, 3.8) is 0 Å². The fraction of sp³-hybridized carbons (Fsp3) is 0.600. The number of anilines is 1. The molecular formula is C30H43NO9S. The summed E-state index contributed by atoms with van der Waals surface area (Å²) in [7, 11) is 0. The minimum atomic E-state index is -1.80. The van der Waals surface area contributed by atoms with E-state index in [0.717, 1.165) is 61.1 Å². The number of unbranched alkanes of at least 4 members (excludes halogenated alkanes) is 2. The third-order valence-electron chi connectivity index (χ3n) is 7.50. The first-order chi connectivity index (χ1) is 19.7. The molecule has 6 atom stereocenters. The third-order valence-corrected chi connectivity index (χ3v) is 8.62. The largest absolute Gasteiger partial charge is 0.459 e. The fourth-order valence-electron chi connectivity index (χ4n) is 5.01. The molecule has 41 heavy (non-hydrogen) atoms. The van der Waals surface area contributed by atoms with Crippen molar-refractivity contribution < 1.29 is 45.0 Å². The molecule has 0 aliphatic carbocycles. The summed E-state index contributed by atoms with van der Waals surface area (Å²) < 4.78 is 5.04. The van der Waals surface area contributed by atoms with Gasteiger partial charge in [0.25, 0.3) is 0 Å². The SMILES string of the molecule is CCCCC[C@H](O)c1ccc(N2C(=O)CC[C@@H]2CCCc2ccc(C(=O)OC[C@@H](O)[C@@H](O)[C@H](O)[C@@H](O)CO)s2)cc1. The van der Waals surface area contributed by atoms with Gasteiger partial charge in [-0.1, -0.05) is 38.3 Å². The van der Waals surface area contributed by atoms with Crippen molar-refractivity contribution in [3.8, 4) is 0 Å². The summed E-state index contributed by atoms with van der Waals surface area (Å²) in [4.78, 5) is 28.2. The maximum Gasteiger partial charge on any atom is 0.348 e. The number of benzene rings is 1. The van der Waals surface area contributed by atoms with Crippen LogP contribution in [0.3, 0.4) is 0 Å². The second kappa shape index (κ2) is 16.3. The molecule has 3 rings (SSSR count). The highest BCUT2D eigenvalue weighted by atomic mass is 32.1. The smallest absolute Gasteiger partial charge is 0.348 e. The summed E-state index contributed by atoms with van der Waals surface area (Å²) in [6, 6.07) is 11.2. The summed E-state index contributed by atoms with van der Waals surface area (Å²) in [5.41, 5.74) is 1.71. The number of hydrogen-bond acceptors (Lipinski definition) is 10. The molecule has 2 heterocycles. The highest BCUT2D eigenvalue weighted by Gasteiger charge is 2.32. The maximum atomic E-state index is 12.7. The first-order valence-corrected chi connectivity index (χ1v) is 15.2. The van der Waals surface area contributed by atoms with Gasteiger partial charge >= 0.3 is 5.97 Å². The van der Waals surface area contributed by atoms with Gasteiger partial charge in [0.05, 0.1) is 12.7 Å². The quantitative estimate of drug-likeness (QED) is 0.119. The molecule has 6 N–H and O–H groups in total. The number of esters is 1. The van der Waals surface area contributed by atoms with Crippen LogP contribution in [0.2, 0.25) is 0 Å². The van der Waals surface area contributed by atoms with Crippen molar-refractivity contribution in [1.29, 1.82) is 0 Å². The number of hydrogen-bond donors (Lipinski definition) is 6. The molecule has 1 aliphatic heterocycles. The Morgan fingerprint density at radius 3 is 2.39 bits per heavy atom. The first kappa shape index (κ1) is 33.1. The molecule has 0 unspecified atom stereocenters. The average Bonchev–Trinajstić information content (AvgIpc) is 3.61. The Kier molecular flexibility index (Phi) is 13.2. The van der Waals surface area contributed by atoms with E-state index in [1.807, 2.05) is 35.2 Å². The number of carbonyl (C=O) groups is 2. The number of rotatable bonds is 17. The molecule has 1 saturated heterocycles. The Morgan fingerprint density at radius 1 is 1.00 bits per heavy atom. The van der Waals surface area contributed by atoms with Crippen molar-refractivity contribution >= 4 is 28.9 Å². The van der Waals surface area contributed by atoms with Crippen LogP contribution in [0.25, 0.3) is 0 Å². The number of ether oxygens (including phenoxy) is 1. The van der Waals surface area contributed by atoms with Gasteiger partial charge in [0.2, 0.25) is 5.91 Å². The van der Waals surface area contributed by atoms with E-state index in [-0.39, 0.29) is 11.9 Å². The predicted molar refractivity (Wildman–Crippen MR) is 155 cm³/mol. The second-order valence-corrected chi connectivity index (χ2v) is 11.8. The lowest BCUT2D eigenvalue weighted by Gasteiger charge is -2.25. The summed E-state index contributed by atoms with van der Waals surface area (Å²) in [6.07, 6.45) is 0.152. The van der Waals surface area contributed by atoms with Crippen LogP contribution in [0.4, 0.5) is 5.69 Å². The molecule has 0 saturated carbocycles. The number of amides is 1. The topological polar surface area (TPSA) is 168 Å². The first-order valence-electron chi connectivity index (χ1n) is 14.3. The van der Waals surface area contributed by atoms with Gasteiger partial charge in [0, 0.05) is 23.0 Å². The van der Waals surface area contributed by atoms with Crippen LogP contribution in [0.1, 0.15) is 84.5 Å². The van der Waals surface area contributed by atoms with Crippen molar-refractivity contribution in [1.82, 2.24) is 0 Å². The monoisotopic (exact) mass is 593 g/mol. The van der Waals surface area contributed by atoms with Gasteiger partial charge in [0.15, 0.2) is 0 Å². The van der Waals surface area contributed by atoms with Crippen molar-refractivity contribution in [3.05, 3.63) is 51.7 Å². The van der Waals surface area contributed by atoms with Gasteiger partial charge in [-0.15, -0.1) is 11.3 Å². The normalized spacial score (nSPS) is 19.1. The fourth-order valence-corrected chi connectivity index (χ4v) is 5.95. The van der Waals surface area contributed by atoms with Gasteiger partial charge in [-0.2, -0.15) is 0 Å². The Hall–Kier alpha value is -2.38. The number of carbonyl (C=O) groups excluding carboxylic acids is 2. The molecule has 0 bridgehead atoms. The second-order valence-electron chi connectivity index (χ2n) is 10.6. The van der Waals surface area contributed by atoms with Crippen molar-refractivity contribution in [2.24, 2.45) is 0 Å². The number of nitrogens with zero attached hydrogens (tertiary/aromatic N) is 1. The predicted octanol–water partition coefficient (Wildman–Crippen LogP) is 2.47. The molecule has 10 nitrogen and oxygen atoms in total. The molecule has 2 aromatic rings. The van der Waals surface area contributed by atoms with Crippen molar-refractivity contribution in [2.45, 2.75) is 101 Å². The zero-order chi connectivity index (χ0) is 29.9. The highest BCUT2D eigenvalue weighted by Crippen LogP contribution is 2.31. The maximum absolute atomic E-state index is 12.7. The van der Waals surface area contributed by atoms with Crippen molar-refractivity contribution in [2.75, 3.05) is 18.1 Å². The molecule has 1 amide bonds. The lowest BCUT2D eigenvalue weighted by molar-refractivity contribution is -0.124. The average molecular weight is 594 g/mol. The Balaban J connectivity index is 1.47. The van der Waals surface area contributed by atoms with Crippen LogP contribution in [0.5, 0.6) is 0 Å². The lowest BCUT2D eigenvalue weighted by Crippen LogP contribution is -2.47. The number of aliphatic hydroxyl groups is 6. The van der Waals surface area contributed by atoms with E-state index in [1.54, 1.807) is 6.07 Å². The van der Waals surface area contributed by atoms with Crippen LogP contribution < -0.4 is 4.90 Å². The minimum Gasteiger partial charge on any atom is -0.459 e. The molecule has 1 aliphatic rings. The van der Waals surface area contributed by atoms with E-state index in [2.05, 4.69) is 6.92 Å². The zero-order valence-corrected chi connectivity index (χ0v) is 24.3. The van der Waals surface area contributed by atoms with E-state index in [4.69, 9.17) is 9.84 Å². The summed E-state index contributed by atoms with van der Waals surface area (Å²) in [5.74, 6) is -0.589. The van der Waals surface area contributed by atoms with E-state index in [9.17, 15) is 35.1 Å². The Morgan fingerprint density at radius 2 is 1.71 bits per heavy atom. The Bertz CT molecular complexity index is 1090. The van der Waals surface area contributed by atoms with E-state index in [1.165, 1.54) is 11.3 Å². The van der Waals surface area contributed by atoms with Gasteiger partial charge in [-0.05, 0) is 61.9 Å². The van der Waals surface area contributed by atoms with E-state index >= 15 is 0 Å². The van der Waals surface area contributed by atoms with E-state index in [0.29, 0.717) is 17.7 Å².